The van der Waals surface area contributed by atoms with Crippen LogP contribution in [0, 0.1) is 12.7 Å². The third-order valence-corrected chi connectivity index (χ3v) is 4.59. The number of hydrogen-bond acceptors (Lipinski definition) is 6. The smallest absolute Gasteiger partial charge is 0.451 e. The average Bonchev–Trinajstić information content (AvgIpc) is 3.10. The van der Waals surface area contributed by atoms with Gasteiger partial charge in [-0.3, -0.25) is 10.2 Å². The number of aliphatic hydroxyl groups excluding tert-OH is 1. The van der Waals surface area contributed by atoms with E-state index < -0.39 is 29.2 Å². The van der Waals surface area contributed by atoms with Crippen molar-refractivity contribution in [2.24, 2.45) is 0 Å². The maximum atomic E-state index is 13.2. The number of alkyl halides is 3. The molecule has 10 heteroatoms. The highest BCUT2D eigenvalue weighted by molar-refractivity contribution is 6.02. The monoisotopic (exact) mass is 469 g/mol. The molecule has 1 aromatic heterocycles. The predicted octanol–water partition coefficient (Wildman–Crippen LogP) is 5.54. The molecule has 0 spiro atoms. The molecule has 33 heavy (non-hydrogen) atoms. The Morgan fingerprint density at radius 2 is 1.94 bits per heavy atom. The number of aliphatic hydroxyl groups is 1. The summed E-state index contributed by atoms with van der Waals surface area (Å²) in [7, 11) is 0. The van der Waals surface area contributed by atoms with Gasteiger partial charge in [-0.15, -0.1) is 0 Å². The van der Waals surface area contributed by atoms with Crippen LogP contribution < -0.4 is 16.2 Å². The Kier molecular flexibility index (Phi) is 9.24. The van der Waals surface area contributed by atoms with E-state index in [9.17, 15) is 27.5 Å². The zero-order chi connectivity index (χ0) is 24.6. The normalized spacial score (nSPS) is 12.4. The van der Waals surface area contributed by atoms with Gasteiger partial charge >= 0.3 is 6.18 Å². The molecule has 180 valence electrons. The molecular weight excluding hydrogens is 442 g/mol. The highest BCUT2D eigenvalue weighted by Crippen LogP contribution is 2.38. The molecule has 0 amide bonds. The van der Waals surface area contributed by atoms with Crippen molar-refractivity contribution in [2.45, 2.75) is 45.8 Å². The molecule has 0 atom stereocenters. The van der Waals surface area contributed by atoms with Crippen LogP contribution in [0.25, 0.3) is 0 Å². The molecule has 2 aromatic rings. The second kappa shape index (κ2) is 11.7. The van der Waals surface area contributed by atoms with Crippen molar-refractivity contribution in [1.82, 2.24) is 10.9 Å². The van der Waals surface area contributed by atoms with Crippen LogP contribution in [0.2, 0.25) is 0 Å². The lowest BCUT2D eigenvalue weighted by atomic mass is 10.0. The number of anilines is 1. The first kappa shape index (κ1) is 26.1. The number of allylic oxidation sites excluding steroid dienone is 2. The number of nitrogens with one attached hydrogen (secondary N) is 3. The number of Topliss-reactive ketones (excluding diaryl/α,β-unsaturated/α-hetero) is 1. The Hall–Kier alpha value is -3.11. The fourth-order valence-corrected chi connectivity index (χ4v) is 3.06. The highest BCUT2D eigenvalue weighted by atomic mass is 19.4. The van der Waals surface area contributed by atoms with Crippen LogP contribution in [-0.2, 0) is 17.5 Å². The van der Waals surface area contributed by atoms with Gasteiger partial charge in [0.25, 0.3) is 0 Å². The van der Waals surface area contributed by atoms with Gasteiger partial charge in [-0.1, -0.05) is 32.1 Å². The van der Waals surface area contributed by atoms with Gasteiger partial charge in [0.1, 0.15) is 17.3 Å². The minimum Gasteiger partial charge on any atom is -0.511 e. The van der Waals surface area contributed by atoms with Gasteiger partial charge in [0.2, 0.25) is 5.76 Å². The second-order valence-electron chi connectivity index (χ2n) is 7.39. The van der Waals surface area contributed by atoms with E-state index in [0.717, 1.165) is 12.5 Å². The Bertz CT molecular complexity index is 1010. The Morgan fingerprint density at radius 3 is 2.58 bits per heavy atom. The highest BCUT2D eigenvalue weighted by Gasteiger charge is 2.38. The van der Waals surface area contributed by atoms with Crippen molar-refractivity contribution in [3.63, 3.8) is 0 Å². The first-order valence-electron chi connectivity index (χ1n) is 10.3. The molecule has 2 rings (SSSR count). The minimum atomic E-state index is -4.75. The fraction of sp³-hybridized carbons (Fsp3) is 0.348. The van der Waals surface area contributed by atoms with E-state index in [0.29, 0.717) is 12.0 Å². The number of furan rings is 1. The van der Waals surface area contributed by atoms with E-state index >= 15 is 0 Å². The number of hydrazine groups is 1. The van der Waals surface area contributed by atoms with Gasteiger partial charge in [-0.05, 0) is 31.0 Å². The molecule has 0 fully saturated rings. The van der Waals surface area contributed by atoms with Gasteiger partial charge in [0.05, 0.1) is 17.8 Å². The molecule has 0 radical (unpaired) electrons. The quantitative estimate of drug-likeness (QED) is 0.0816. The van der Waals surface area contributed by atoms with Crippen LogP contribution in [0.3, 0.4) is 0 Å². The molecule has 6 nitrogen and oxygen atoms in total. The first-order valence-corrected chi connectivity index (χ1v) is 10.3. The van der Waals surface area contributed by atoms with Crippen molar-refractivity contribution in [1.29, 1.82) is 0 Å². The Morgan fingerprint density at radius 1 is 1.21 bits per heavy atom. The number of hydrogen-bond donors (Lipinski definition) is 4. The van der Waals surface area contributed by atoms with Gasteiger partial charge in [0, 0.05) is 24.7 Å². The van der Waals surface area contributed by atoms with E-state index in [1.165, 1.54) is 19.1 Å². The zero-order valence-electron chi connectivity index (χ0n) is 18.4. The summed E-state index contributed by atoms with van der Waals surface area (Å²) in [6, 6.07) is 7.01. The van der Waals surface area contributed by atoms with E-state index in [4.69, 9.17) is 4.42 Å². The molecule has 0 saturated heterocycles. The maximum absolute atomic E-state index is 13.2. The molecule has 0 saturated carbocycles. The molecule has 0 aliphatic heterocycles. The number of halogens is 4. The summed E-state index contributed by atoms with van der Waals surface area (Å²) in [5, 5.41) is 12.9. The molecule has 0 unspecified atom stereocenters. The summed E-state index contributed by atoms with van der Waals surface area (Å²) >= 11 is 0. The van der Waals surface area contributed by atoms with E-state index in [1.54, 1.807) is 12.1 Å². The largest absolute Gasteiger partial charge is 0.511 e. The van der Waals surface area contributed by atoms with Crippen LogP contribution >= 0.6 is 0 Å². The first-order chi connectivity index (χ1) is 15.5. The van der Waals surface area contributed by atoms with Crippen molar-refractivity contribution in [3.8, 4) is 0 Å². The molecule has 1 heterocycles. The number of unbranched alkanes of at least 4 members (excludes halogenated alkanes) is 1. The predicted molar refractivity (Wildman–Crippen MR) is 117 cm³/mol. The lowest BCUT2D eigenvalue weighted by molar-refractivity contribution is -0.152. The van der Waals surface area contributed by atoms with Crippen molar-refractivity contribution in [3.05, 3.63) is 76.8 Å². The SMILES string of the molecule is C=C(Nc1cc(C)oc1C(F)(F)F)C(C(=O)CNNCc1cccc(F)c1)=C(O)CCCC. The van der Waals surface area contributed by atoms with Crippen LogP contribution in [0.1, 0.15) is 43.3 Å². The van der Waals surface area contributed by atoms with E-state index in [1.807, 2.05) is 6.92 Å². The van der Waals surface area contributed by atoms with Gasteiger partial charge in [0.15, 0.2) is 5.78 Å². The van der Waals surface area contributed by atoms with Crippen LogP contribution in [0.15, 0.2) is 58.4 Å². The van der Waals surface area contributed by atoms with Crippen LogP contribution in [0.5, 0.6) is 0 Å². The molecule has 0 aliphatic rings. The number of ketones is 1. The standard InChI is InChI=1S/C23H27F4N3O3/c1-4-5-9-19(31)21(15(3)30-18-10-14(2)33-22(18)23(25,26)27)20(32)13-29-28-12-16-7-6-8-17(24)11-16/h6-8,10-11,28-31H,3-5,9,12-13H2,1-2H3. The summed E-state index contributed by atoms with van der Waals surface area (Å²) in [5.74, 6) is -2.50. The van der Waals surface area contributed by atoms with E-state index in [-0.39, 0.29) is 42.3 Å². The van der Waals surface area contributed by atoms with Crippen molar-refractivity contribution in [2.75, 3.05) is 11.9 Å². The molecule has 4 N–H and O–H groups in total. The minimum absolute atomic E-state index is 0.0212. The van der Waals surface area contributed by atoms with E-state index in [2.05, 4.69) is 22.7 Å². The third kappa shape index (κ3) is 7.76. The van der Waals surface area contributed by atoms with Gasteiger partial charge in [-0.25, -0.2) is 9.82 Å². The summed E-state index contributed by atoms with van der Waals surface area (Å²) in [5.41, 5.74) is 5.26. The number of carbonyl (C=O) groups is 1. The Balaban J connectivity index is 2.12. The molecular formula is C23H27F4N3O3. The summed E-state index contributed by atoms with van der Waals surface area (Å²) in [4.78, 5) is 12.8. The summed E-state index contributed by atoms with van der Waals surface area (Å²) in [6.45, 7) is 6.84. The molecule has 0 bridgehead atoms. The second-order valence-corrected chi connectivity index (χ2v) is 7.39. The fourth-order valence-electron chi connectivity index (χ4n) is 3.06. The molecule has 1 aromatic carbocycles. The lowest BCUT2D eigenvalue weighted by Gasteiger charge is -2.16. The number of benzene rings is 1. The van der Waals surface area contributed by atoms with Crippen LogP contribution in [-0.4, -0.2) is 17.4 Å². The van der Waals surface area contributed by atoms with Gasteiger partial charge < -0.3 is 14.8 Å². The molecule has 0 aliphatic carbocycles. The average molecular weight is 469 g/mol. The van der Waals surface area contributed by atoms with Crippen molar-refractivity contribution < 1.29 is 31.9 Å². The van der Waals surface area contributed by atoms with Crippen molar-refractivity contribution >= 4 is 11.5 Å². The number of rotatable bonds is 12. The Labute approximate surface area is 189 Å². The topological polar surface area (TPSA) is 86.5 Å². The maximum Gasteiger partial charge on any atom is 0.451 e. The third-order valence-electron chi connectivity index (χ3n) is 4.59. The summed E-state index contributed by atoms with van der Waals surface area (Å²) in [6.07, 6.45) is -3.29. The van der Waals surface area contributed by atoms with Crippen LogP contribution in [0.4, 0.5) is 23.2 Å². The number of carbonyl (C=O) groups excluding carboxylic acids is 1. The van der Waals surface area contributed by atoms with Gasteiger partial charge in [-0.2, -0.15) is 13.2 Å². The lowest BCUT2D eigenvalue weighted by Crippen LogP contribution is -2.36. The number of aryl methyl sites for hydroxylation is 1. The summed E-state index contributed by atoms with van der Waals surface area (Å²) < 4.78 is 57.7. The zero-order valence-corrected chi connectivity index (χ0v) is 18.4.